The second-order valence-corrected chi connectivity index (χ2v) is 6.08. The van der Waals surface area contributed by atoms with Gasteiger partial charge in [0.1, 0.15) is 5.69 Å². The molecule has 0 unspecified atom stereocenters. The number of hydrogen-bond acceptors (Lipinski definition) is 3. The summed E-state index contributed by atoms with van der Waals surface area (Å²) in [7, 11) is 0. The van der Waals surface area contributed by atoms with Crippen LogP contribution in [0.2, 0.25) is 0 Å². The zero-order valence-corrected chi connectivity index (χ0v) is 14.9. The van der Waals surface area contributed by atoms with E-state index in [1.54, 1.807) is 38.1 Å². The number of nitrogens with zero attached hydrogens (tertiary/aromatic N) is 1. The van der Waals surface area contributed by atoms with Crippen molar-refractivity contribution < 1.29 is 22.8 Å². The van der Waals surface area contributed by atoms with Gasteiger partial charge in [0.25, 0.3) is 5.91 Å². The summed E-state index contributed by atoms with van der Waals surface area (Å²) in [5, 5.41) is 7.85. The second kappa shape index (κ2) is 8.07. The van der Waals surface area contributed by atoms with Crippen LogP contribution in [0.5, 0.6) is 0 Å². The lowest BCUT2D eigenvalue weighted by Crippen LogP contribution is -2.34. The number of hydrogen-bond donors (Lipinski definition) is 3. The number of aromatic nitrogens is 1. The lowest BCUT2D eigenvalue weighted by Gasteiger charge is -2.15. The number of halogens is 3. The Bertz CT molecular complexity index is 851. The topological polar surface area (TPSA) is 83.1 Å². The van der Waals surface area contributed by atoms with Crippen molar-refractivity contribution in [2.24, 2.45) is 0 Å². The summed E-state index contributed by atoms with van der Waals surface area (Å²) < 4.78 is 38.1. The highest BCUT2D eigenvalue weighted by Gasteiger charge is 2.33. The molecule has 27 heavy (non-hydrogen) atoms. The maximum atomic E-state index is 12.7. The van der Waals surface area contributed by atoms with Crippen LogP contribution in [0.1, 0.15) is 35.6 Å². The third-order valence-corrected chi connectivity index (χ3v) is 3.46. The van der Waals surface area contributed by atoms with Crippen molar-refractivity contribution >= 4 is 23.3 Å². The molecule has 9 heteroatoms. The van der Waals surface area contributed by atoms with Gasteiger partial charge in [-0.05, 0) is 45.0 Å². The van der Waals surface area contributed by atoms with Gasteiger partial charge in [-0.1, -0.05) is 12.1 Å². The van der Waals surface area contributed by atoms with Crippen molar-refractivity contribution in [3.63, 3.8) is 0 Å². The van der Waals surface area contributed by atoms with Gasteiger partial charge in [0.15, 0.2) is 0 Å². The smallest absolute Gasteiger partial charge is 0.336 e. The van der Waals surface area contributed by atoms with Gasteiger partial charge in [-0.3, -0.25) is 4.79 Å². The lowest BCUT2D eigenvalue weighted by atomic mass is 10.1. The zero-order valence-electron chi connectivity index (χ0n) is 14.9. The summed E-state index contributed by atoms with van der Waals surface area (Å²) in [5.74, 6) is -0.632. The van der Waals surface area contributed by atoms with Gasteiger partial charge in [-0.25, -0.2) is 9.78 Å². The van der Waals surface area contributed by atoms with Crippen molar-refractivity contribution in [3.8, 4) is 0 Å². The molecule has 0 spiro atoms. The molecule has 3 N–H and O–H groups in total. The maximum absolute atomic E-state index is 12.7. The molecule has 0 aliphatic rings. The highest BCUT2D eigenvalue weighted by atomic mass is 19.4. The predicted molar refractivity (Wildman–Crippen MR) is 95.7 cm³/mol. The minimum Gasteiger partial charge on any atom is -0.336 e. The number of rotatable bonds is 4. The van der Waals surface area contributed by atoms with Crippen LogP contribution >= 0.6 is 0 Å². The lowest BCUT2D eigenvalue weighted by molar-refractivity contribution is -0.141. The maximum Gasteiger partial charge on any atom is 0.433 e. The molecule has 2 aromatic rings. The largest absolute Gasteiger partial charge is 0.433 e. The number of benzene rings is 1. The number of pyridine rings is 1. The number of carbonyl (C=O) groups excluding carboxylic acids is 2. The average molecular weight is 380 g/mol. The van der Waals surface area contributed by atoms with E-state index in [4.69, 9.17) is 0 Å². The predicted octanol–water partition coefficient (Wildman–Crippen LogP) is 4.19. The van der Waals surface area contributed by atoms with Crippen molar-refractivity contribution in [2.45, 2.75) is 33.0 Å². The molecule has 0 saturated carbocycles. The third-order valence-electron chi connectivity index (χ3n) is 3.46. The minimum absolute atomic E-state index is 0.00411. The first kappa shape index (κ1) is 20.2. The molecule has 0 bridgehead atoms. The number of para-hydroxylation sites is 2. The molecule has 0 aliphatic carbocycles. The number of aryl methyl sites for hydroxylation is 1. The monoisotopic (exact) mass is 380 g/mol. The van der Waals surface area contributed by atoms with E-state index < -0.39 is 23.8 Å². The first-order chi connectivity index (χ1) is 12.6. The van der Waals surface area contributed by atoms with Gasteiger partial charge in [0, 0.05) is 6.04 Å². The van der Waals surface area contributed by atoms with Gasteiger partial charge >= 0.3 is 12.2 Å². The fourth-order valence-corrected chi connectivity index (χ4v) is 2.27. The molecule has 1 aromatic heterocycles. The standard InChI is InChI=1S/C18H19F3N4O2/c1-10(2)22-17(27)25-14-7-5-4-6-13(14)24-16(26)12-8-9-15(18(19,20)21)23-11(12)3/h4-10H,1-3H3,(H,24,26)(H2,22,25,27). The fraction of sp³-hybridized carbons (Fsp3) is 0.278. The quantitative estimate of drug-likeness (QED) is 0.744. The molecule has 0 atom stereocenters. The average Bonchev–Trinajstić information content (AvgIpc) is 2.54. The van der Waals surface area contributed by atoms with E-state index in [0.717, 1.165) is 12.1 Å². The van der Waals surface area contributed by atoms with Crippen LogP contribution in [0, 0.1) is 6.92 Å². The minimum atomic E-state index is -4.58. The Labute approximate surface area is 154 Å². The first-order valence-corrected chi connectivity index (χ1v) is 8.10. The van der Waals surface area contributed by atoms with Gasteiger partial charge in [-0.2, -0.15) is 13.2 Å². The summed E-state index contributed by atoms with van der Waals surface area (Å²) >= 11 is 0. The number of carbonyl (C=O) groups is 2. The van der Waals surface area contributed by atoms with E-state index in [0.29, 0.717) is 11.4 Å². The van der Waals surface area contributed by atoms with Crippen LogP contribution in [0.15, 0.2) is 36.4 Å². The summed E-state index contributed by atoms with van der Waals surface area (Å²) in [6.07, 6.45) is -4.58. The number of nitrogens with one attached hydrogen (secondary N) is 3. The van der Waals surface area contributed by atoms with E-state index in [2.05, 4.69) is 20.9 Å². The number of amides is 3. The highest BCUT2D eigenvalue weighted by Crippen LogP contribution is 2.28. The van der Waals surface area contributed by atoms with E-state index in [1.807, 2.05) is 0 Å². The number of alkyl halides is 3. The fourth-order valence-electron chi connectivity index (χ4n) is 2.27. The Hall–Kier alpha value is -3.10. The Morgan fingerprint density at radius 1 is 1.00 bits per heavy atom. The normalized spacial score (nSPS) is 11.2. The molecular weight excluding hydrogens is 361 g/mol. The van der Waals surface area contributed by atoms with Crippen molar-refractivity contribution in [1.29, 1.82) is 0 Å². The molecule has 0 aliphatic heterocycles. The van der Waals surface area contributed by atoms with Gasteiger partial charge < -0.3 is 16.0 Å². The van der Waals surface area contributed by atoms with Gasteiger partial charge in [0.05, 0.1) is 22.6 Å². The molecule has 0 saturated heterocycles. The molecule has 6 nitrogen and oxygen atoms in total. The summed E-state index contributed by atoms with van der Waals surface area (Å²) in [5.41, 5.74) is -0.457. The number of anilines is 2. The third kappa shape index (κ3) is 5.44. The van der Waals surface area contributed by atoms with Crippen LogP contribution in [0.4, 0.5) is 29.3 Å². The Balaban J connectivity index is 2.20. The van der Waals surface area contributed by atoms with Crippen LogP contribution in [-0.4, -0.2) is 23.0 Å². The van der Waals surface area contributed by atoms with E-state index in [1.165, 1.54) is 6.92 Å². The van der Waals surface area contributed by atoms with Crippen LogP contribution in [-0.2, 0) is 6.18 Å². The van der Waals surface area contributed by atoms with E-state index >= 15 is 0 Å². The van der Waals surface area contributed by atoms with Crippen LogP contribution in [0.3, 0.4) is 0 Å². The second-order valence-electron chi connectivity index (χ2n) is 6.08. The highest BCUT2D eigenvalue weighted by molar-refractivity contribution is 6.07. The summed E-state index contributed by atoms with van der Waals surface area (Å²) in [6, 6.07) is 7.78. The molecule has 0 radical (unpaired) electrons. The Kier molecular flexibility index (Phi) is 6.04. The van der Waals surface area contributed by atoms with Crippen molar-refractivity contribution in [3.05, 3.63) is 53.3 Å². The summed E-state index contributed by atoms with van der Waals surface area (Å²) in [6.45, 7) is 4.92. The van der Waals surface area contributed by atoms with E-state index in [-0.39, 0.29) is 17.3 Å². The van der Waals surface area contributed by atoms with Crippen LogP contribution in [0.25, 0.3) is 0 Å². The Morgan fingerprint density at radius 2 is 1.59 bits per heavy atom. The molecule has 1 aromatic carbocycles. The molecule has 3 amide bonds. The molecule has 0 fully saturated rings. The van der Waals surface area contributed by atoms with Crippen LogP contribution < -0.4 is 16.0 Å². The van der Waals surface area contributed by atoms with Crippen molar-refractivity contribution in [2.75, 3.05) is 10.6 Å². The van der Waals surface area contributed by atoms with E-state index in [9.17, 15) is 22.8 Å². The number of urea groups is 1. The molecular formula is C18H19F3N4O2. The van der Waals surface area contributed by atoms with Gasteiger partial charge in [-0.15, -0.1) is 0 Å². The molecule has 144 valence electrons. The Morgan fingerprint density at radius 3 is 2.11 bits per heavy atom. The van der Waals surface area contributed by atoms with Gasteiger partial charge in [0.2, 0.25) is 0 Å². The summed E-state index contributed by atoms with van der Waals surface area (Å²) in [4.78, 5) is 27.8. The SMILES string of the molecule is Cc1nc(C(F)(F)F)ccc1C(=O)Nc1ccccc1NC(=O)NC(C)C. The zero-order chi connectivity index (χ0) is 20.2. The van der Waals surface area contributed by atoms with Crippen molar-refractivity contribution in [1.82, 2.24) is 10.3 Å². The molecule has 2 rings (SSSR count). The first-order valence-electron chi connectivity index (χ1n) is 8.10. The molecule has 1 heterocycles.